The summed E-state index contributed by atoms with van der Waals surface area (Å²) in [6, 6.07) is 3.38. The molecule has 12 nitrogen and oxygen atoms in total. The molecular weight excluding hydrogens is 1040 g/mol. The van der Waals surface area contributed by atoms with Crippen LogP contribution in [-0.4, -0.2) is 116 Å². The number of aldehydes is 1. The molecule has 1 saturated carbocycles. The average Bonchev–Trinajstić information content (AvgIpc) is 3.88. The van der Waals surface area contributed by atoms with Gasteiger partial charge in [0, 0.05) is 58.7 Å². The van der Waals surface area contributed by atoms with Crippen molar-refractivity contribution >= 4 is 24.2 Å². The number of ether oxygens (including phenoxy) is 4. The minimum Gasteiger partial charge on any atom is -0.462 e. The summed E-state index contributed by atoms with van der Waals surface area (Å²) in [6.45, 7) is 36.1. The summed E-state index contributed by atoms with van der Waals surface area (Å²) in [4.78, 5) is 54.2. The van der Waals surface area contributed by atoms with Crippen LogP contribution in [0.4, 0.5) is 26.3 Å². The smallest absolute Gasteiger partial charge is 0.411 e. The quantitative estimate of drug-likeness (QED) is 0.0565. The first kappa shape index (κ1) is 66.7. The molecule has 6 rings (SSSR count). The minimum absolute atomic E-state index is 0.0290. The Morgan fingerprint density at radius 1 is 0.650 bits per heavy atom. The number of hydrogen-bond acceptors (Lipinski definition) is 12. The van der Waals surface area contributed by atoms with Gasteiger partial charge in [0.1, 0.15) is 6.29 Å². The van der Waals surface area contributed by atoms with Gasteiger partial charge in [0.15, 0.2) is 0 Å². The number of rotatable bonds is 18. The van der Waals surface area contributed by atoms with Gasteiger partial charge >= 0.3 is 30.3 Å². The van der Waals surface area contributed by atoms with Crippen molar-refractivity contribution in [3.63, 3.8) is 0 Å². The predicted molar refractivity (Wildman–Crippen MR) is 298 cm³/mol. The molecule has 0 aromatic heterocycles. The molecule has 2 aromatic carbocycles. The molecule has 18 heteroatoms. The van der Waals surface area contributed by atoms with Gasteiger partial charge in [-0.3, -0.25) is 10.2 Å². The molecule has 452 valence electrons. The zero-order valence-corrected chi connectivity index (χ0v) is 51.2. The summed E-state index contributed by atoms with van der Waals surface area (Å²) in [6.07, 6.45) is -7.74. The van der Waals surface area contributed by atoms with Crippen LogP contribution in [0.15, 0.2) is 36.4 Å². The highest BCUT2D eigenvalue weighted by atomic mass is 19.4. The van der Waals surface area contributed by atoms with Gasteiger partial charge in [0.05, 0.1) is 43.1 Å². The van der Waals surface area contributed by atoms with Crippen molar-refractivity contribution in [2.24, 2.45) is 45.8 Å². The monoisotopic (exact) mass is 1140 g/mol. The number of esters is 3. The van der Waals surface area contributed by atoms with E-state index in [0.29, 0.717) is 55.4 Å². The second-order valence-corrected chi connectivity index (χ2v) is 28.3. The van der Waals surface area contributed by atoms with Crippen molar-refractivity contribution in [2.75, 3.05) is 47.1 Å². The van der Waals surface area contributed by atoms with Crippen LogP contribution >= 0.6 is 0 Å². The number of benzene rings is 2. The number of nitrogens with one attached hydrogen (secondary N) is 3. The molecule has 6 unspecified atom stereocenters. The Balaban J connectivity index is 0.000000865. The van der Waals surface area contributed by atoms with Gasteiger partial charge in [-0.2, -0.15) is 26.3 Å². The second kappa shape index (κ2) is 23.5. The number of carbonyl (C=O) groups is 4. The minimum atomic E-state index is -6.26. The second-order valence-electron chi connectivity index (χ2n) is 28.3. The number of halogens is 6. The molecule has 4 fully saturated rings. The Kier molecular flexibility index (Phi) is 19.6. The molecule has 0 spiro atoms. The lowest BCUT2D eigenvalue weighted by Gasteiger charge is -2.49. The standard InChI is InChI=1S/C53H74F6N2O7.C9H20N2O/c1-16-31(2)23-50(15)44(3,4)24-38(47(50,9)10)28-66-42(64)34-19-35(43(65)68-30-40-26-46(7,8)61-49(40,13)14)22-37(21-34)51(52(54,55)56,53(57,58)59)36-18-32(27-62)17-33(20-36)41(63)67-29-39-25-45(5,6)60-48(39,11)12;1-9(2)5-8(7-12-4)6-11(9)10-3/h17-22,27,31,38-40,60-61H,16,23-26,28-30H2,1-15H3;8,10H,5-7H2,1-4H3. The number of methoxy groups -OCH3 is 1. The summed E-state index contributed by atoms with van der Waals surface area (Å²) in [5, 5.41) is 9.15. The lowest BCUT2D eigenvalue weighted by atomic mass is 9.55. The van der Waals surface area contributed by atoms with Crippen molar-refractivity contribution in [1.29, 1.82) is 0 Å². The number of nitrogens with zero attached hydrogens (tertiary/aromatic N) is 1. The summed E-state index contributed by atoms with van der Waals surface area (Å²) in [5.41, 5.74) is -10.3. The van der Waals surface area contributed by atoms with Crippen LogP contribution in [0.2, 0.25) is 0 Å². The summed E-state index contributed by atoms with van der Waals surface area (Å²) in [5.74, 6) is -3.51. The van der Waals surface area contributed by atoms with Gasteiger partial charge < -0.3 is 29.6 Å². The van der Waals surface area contributed by atoms with E-state index in [4.69, 9.17) is 18.9 Å². The lowest BCUT2D eigenvalue weighted by Crippen LogP contribution is -2.55. The molecule has 3 saturated heterocycles. The van der Waals surface area contributed by atoms with E-state index in [9.17, 15) is 19.2 Å². The fourth-order valence-corrected chi connectivity index (χ4v) is 14.4. The van der Waals surface area contributed by atoms with E-state index in [1.807, 2.05) is 62.4 Å². The Bertz CT molecular complexity index is 2540. The average molecular weight is 1140 g/mol. The number of carbonyl (C=O) groups excluding carboxylic acids is 4. The number of alkyl halides is 6. The van der Waals surface area contributed by atoms with Gasteiger partial charge in [0.2, 0.25) is 5.41 Å². The highest BCUT2D eigenvalue weighted by Gasteiger charge is 2.73. The molecule has 0 radical (unpaired) electrons. The highest BCUT2D eigenvalue weighted by Crippen LogP contribution is 2.67. The first-order valence-corrected chi connectivity index (χ1v) is 28.3. The Morgan fingerprint density at radius 3 is 1.44 bits per heavy atom. The van der Waals surface area contributed by atoms with Crippen molar-refractivity contribution in [1.82, 2.24) is 21.1 Å². The van der Waals surface area contributed by atoms with E-state index in [1.54, 1.807) is 7.11 Å². The van der Waals surface area contributed by atoms with E-state index < -0.39 is 85.5 Å². The maximum Gasteiger partial charge on any atom is 0.411 e. The van der Waals surface area contributed by atoms with Gasteiger partial charge in [-0.05, 0) is 190 Å². The molecule has 3 aliphatic heterocycles. The van der Waals surface area contributed by atoms with Crippen molar-refractivity contribution in [3.8, 4) is 0 Å². The van der Waals surface area contributed by atoms with Crippen LogP contribution in [0.25, 0.3) is 0 Å². The third kappa shape index (κ3) is 13.8. The van der Waals surface area contributed by atoms with Crippen LogP contribution in [0.5, 0.6) is 0 Å². The van der Waals surface area contributed by atoms with Crippen LogP contribution in [-0.2, 0) is 24.4 Å². The lowest BCUT2D eigenvalue weighted by molar-refractivity contribution is -0.288. The molecule has 1 aliphatic carbocycles. The molecule has 3 N–H and O–H groups in total. The molecule has 6 atom stereocenters. The zero-order chi connectivity index (χ0) is 60.8. The van der Waals surface area contributed by atoms with Crippen LogP contribution in [0, 0.1) is 45.8 Å². The molecular formula is C62H94F6N4O8. The zero-order valence-electron chi connectivity index (χ0n) is 51.2. The normalized spacial score (nSPS) is 26.7. The topological polar surface area (TPSA) is 145 Å². The SMILES string of the molecule is CCC(C)CC1(C)C(C)(C)CC(COC(=O)c2cc(C(=O)OCC3CC(C)(C)NC3(C)C)cc(C(c3cc(C=O)cc(C(=O)OCC4CC(C)(C)NC4(C)C)c3)(C(F)(F)F)C(F)(F)F)c2)C1(C)C.CNN1CC(COC)CC1(C)C. The molecule has 80 heavy (non-hydrogen) atoms. The molecule has 3 heterocycles. The van der Waals surface area contributed by atoms with Crippen LogP contribution in [0.1, 0.15) is 209 Å². The maximum absolute atomic E-state index is 16.0. The third-order valence-electron chi connectivity index (χ3n) is 19.3. The summed E-state index contributed by atoms with van der Waals surface area (Å²) in [7, 11) is 3.76. The van der Waals surface area contributed by atoms with Crippen molar-refractivity contribution in [2.45, 2.75) is 202 Å². The molecule has 0 amide bonds. The van der Waals surface area contributed by atoms with Gasteiger partial charge in [-0.25, -0.2) is 19.4 Å². The van der Waals surface area contributed by atoms with Crippen molar-refractivity contribution in [3.05, 3.63) is 69.8 Å². The van der Waals surface area contributed by atoms with E-state index >= 15 is 26.3 Å². The fourth-order valence-electron chi connectivity index (χ4n) is 14.4. The molecule has 0 bridgehead atoms. The van der Waals surface area contributed by atoms with Crippen LogP contribution in [0.3, 0.4) is 0 Å². The van der Waals surface area contributed by atoms with Gasteiger partial charge in [0.25, 0.3) is 0 Å². The van der Waals surface area contributed by atoms with Gasteiger partial charge in [-0.1, -0.05) is 54.9 Å². The van der Waals surface area contributed by atoms with E-state index in [1.165, 1.54) is 6.42 Å². The van der Waals surface area contributed by atoms with E-state index in [2.05, 4.69) is 83.4 Å². The Morgan fingerprint density at radius 2 is 1.07 bits per heavy atom. The van der Waals surface area contributed by atoms with Crippen LogP contribution < -0.4 is 16.1 Å². The molecule has 2 aromatic rings. The van der Waals surface area contributed by atoms with Gasteiger partial charge in [-0.15, -0.1) is 0 Å². The Hall–Kier alpha value is -4.10. The van der Waals surface area contributed by atoms with E-state index in [0.717, 1.165) is 38.1 Å². The fraction of sp³-hybridized carbons (Fsp3) is 0.742. The summed E-state index contributed by atoms with van der Waals surface area (Å²) < 4.78 is 118. The van der Waals surface area contributed by atoms with Crippen molar-refractivity contribution < 1.29 is 64.5 Å². The van der Waals surface area contributed by atoms with E-state index in [-0.39, 0.29) is 71.3 Å². The first-order valence-electron chi connectivity index (χ1n) is 28.3. The number of hydrogen-bond donors (Lipinski definition) is 3. The summed E-state index contributed by atoms with van der Waals surface area (Å²) >= 11 is 0. The maximum atomic E-state index is 16.0. The number of hydrazine groups is 1. The molecule has 4 aliphatic rings. The first-order chi connectivity index (χ1) is 36.4. The Labute approximate surface area is 472 Å². The highest BCUT2D eigenvalue weighted by molar-refractivity contribution is 5.96. The predicted octanol–water partition coefficient (Wildman–Crippen LogP) is 13.1. The largest absolute Gasteiger partial charge is 0.462 e. The third-order valence-corrected chi connectivity index (χ3v) is 19.3.